The topological polar surface area (TPSA) is 85.4 Å². The third-order valence-electron chi connectivity index (χ3n) is 2.37. The molecule has 0 saturated heterocycles. The second kappa shape index (κ2) is 7.27. The Morgan fingerprint density at radius 2 is 2.00 bits per heavy atom. The van der Waals surface area contributed by atoms with Gasteiger partial charge >= 0.3 is 12.1 Å². The summed E-state index contributed by atoms with van der Waals surface area (Å²) in [5.74, 6) is -1.43. The molecule has 0 bridgehead atoms. The molecule has 1 aromatic rings. The molecule has 0 spiro atoms. The van der Waals surface area contributed by atoms with Gasteiger partial charge < -0.3 is 4.74 Å². The SMILES string of the molecule is CCCCS(=O)(=O)Nc1nc(C(F)(F)F)c(C(=O)OCC)s1. The maximum atomic E-state index is 12.9. The molecule has 0 aliphatic carbocycles. The highest BCUT2D eigenvalue weighted by Gasteiger charge is 2.40. The number of ether oxygens (including phenoxy) is 1. The minimum atomic E-state index is -4.88. The van der Waals surface area contributed by atoms with Crippen LogP contribution in [-0.2, 0) is 20.9 Å². The molecule has 6 nitrogen and oxygen atoms in total. The van der Waals surface area contributed by atoms with Gasteiger partial charge in [0.1, 0.15) is 4.88 Å². The number of halogens is 3. The second-order valence-corrected chi connectivity index (χ2v) is 7.03. The van der Waals surface area contributed by atoms with Crippen molar-refractivity contribution in [3.8, 4) is 0 Å². The molecular formula is C11H15F3N2O4S2. The number of hydrogen-bond donors (Lipinski definition) is 1. The molecule has 0 saturated carbocycles. The molecule has 1 N–H and O–H groups in total. The standard InChI is InChI=1S/C11H15F3N2O4S2/c1-3-5-6-22(18,19)16-10-15-8(11(12,13)14)7(21-10)9(17)20-4-2/h3-6H2,1-2H3,(H,15,16). The van der Waals surface area contributed by atoms with Crippen LogP contribution in [0.4, 0.5) is 18.3 Å². The third-order valence-corrected chi connectivity index (χ3v) is 4.78. The first-order chi connectivity index (χ1) is 10.1. The summed E-state index contributed by atoms with van der Waals surface area (Å²) in [4.78, 5) is 13.9. The van der Waals surface area contributed by atoms with Crippen molar-refractivity contribution in [3.05, 3.63) is 10.6 Å². The van der Waals surface area contributed by atoms with Gasteiger partial charge in [0.2, 0.25) is 10.0 Å². The average Bonchev–Trinajstić information content (AvgIpc) is 2.80. The number of nitrogens with zero attached hydrogens (tertiary/aromatic N) is 1. The largest absolute Gasteiger partial charge is 0.462 e. The van der Waals surface area contributed by atoms with Crippen molar-refractivity contribution < 1.29 is 31.1 Å². The number of sulfonamides is 1. The number of thiazole rings is 1. The maximum Gasteiger partial charge on any atom is 0.435 e. The van der Waals surface area contributed by atoms with Crippen molar-refractivity contribution in [1.29, 1.82) is 0 Å². The van der Waals surface area contributed by atoms with Gasteiger partial charge in [-0.25, -0.2) is 18.2 Å². The number of anilines is 1. The van der Waals surface area contributed by atoms with Gasteiger partial charge in [0.15, 0.2) is 10.8 Å². The summed E-state index contributed by atoms with van der Waals surface area (Å²) in [5, 5.41) is -0.508. The Morgan fingerprint density at radius 1 is 1.36 bits per heavy atom. The molecule has 0 radical (unpaired) electrons. The van der Waals surface area contributed by atoms with E-state index in [-0.39, 0.29) is 12.4 Å². The van der Waals surface area contributed by atoms with Crippen LogP contribution in [0.1, 0.15) is 42.1 Å². The van der Waals surface area contributed by atoms with E-state index < -0.39 is 37.9 Å². The lowest BCUT2D eigenvalue weighted by Gasteiger charge is -2.05. The molecule has 0 aliphatic rings. The Kier molecular flexibility index (Phi) is 6.17. The Morgan fingerprint density at radius 3 is 2.50 bits per heavy atom. The molecule has 0 amide bonds. The van der Waals surface area contributed by atoms with Crippen LogP contribution in [0.3, 0.4) is 0 Å². The minimum Gasteiger partial charge on any atom is -0.462 e. The summed E-state index contributed by atoms with van der Waals surface area (Å²) >= 11 is 0.299. The smallest absolute Gasteiger partial charge is 0.435 e. The van der Waals surface area contributed by atoms with Crippen LogP contribution in [0.5, 0.6) is 0 Å². The fraction of sp³-hybridized carbons (Fsp3) is 0.636. The van der Waals surface area contributed by atoms with E-state index in [1.54, 1.807) is 6.92 Å². The highest BCUT2D eigenvalue weighted by molar-refractivity contribution is 7.92. The molecule has 11 heteroatoms. The maximum absolute atomic E-state index is 12.9. The van der Waals surface area contributed by atoms with Crippen LogP contribution >= 0.6 is 11.3 Å². The molecule has 1 heterocycles. The van der Waals surface area contributed by atoms with Gasteiger partial charge in [0, 0.05) is 0 Å². The second-order valence-electron chi connectivity index (χ2n) is 4.19. The van der Waals surface area contributed by atoms with Gasteiger partial charge in [0.25, 0.3) is 0 Å². The highest BCUT2D eigenvalue weighted by Crippen LogP contribution is 2.36. The summed E-state index contributed by atoms with van der Waals surface area (Å²) < 4.78 is 68.4. The number of nitrogens with one attached hydrogen (secondary N) is 1. The van der Waals surface area contributed by atoms with E-state index in [0.717, 1.165) is 0 Å². The predicted octanol–water partition coefficient (Wildman–Crippen LogP) is 2.88. The lowest BCUT2D eigenvalue weighted by atomic mass is 10.3. The van der Waals surface area contributed by atoms with Gasteiger partial charge in [-0.15, -0.1) is 0 Å². The Hall–Kier alpha value is -1.36. The Labute approximate surface area is 129 Å². The highest BCUT2D eigenvalue weighted by atomic mass is 32.2. The molecule has 0 aliphatic heterocycles. The number of esters is 1. The predicted molar refractivity (Wildman–Crippen MR) is 75.4 cm³/mol. The number of aromatic nitrogens is 1. The number of alkyl halides is 3. The fourth-order valence-corrected chi connectivity index (χ4v) is 3.77. The number of rotatable bonds is 7. The van der Waals surface area contributed by atoms with E-state index in [4.69, 9.17) is 0 Å². The van der Waals surface area contributed by atoms with Crippen LogP contribution in [-0.4, -0.2) is 31.7 Å². The van der Waals surface area contributed by atoms with Crippen LogP contribution in [0.25, 0.3) is 0 Å². The average molecular weight is 360 g/mol. The quantitative estimate of drug-likeness (QED) is 0.756. The zero-order valence-corrected chi connectivity index (χ0v) is 13.5. The summed E-state index contributed by atoms with van der Waals surface area (Å²) in [6, 6.07) is 0. The Balaban J connectivity index is 3.11. The van der Waals surface area contributed by atoms with Crippen LogP contribution < -0.4 is 4.72 Å². The zero-order chi connectivity index (χ0) is 17.0. The normalized spacial score (nSPS) is 12.2. The number of hydrogen-bond acceptors (Lipinski definition) is 6. The monoisotopic (exact) mass is 360 g/mol. The molecule has 126 valence electrons. The fourth-order valence-electron chi connectivity index (χ4n) is 1.41. The van der Waals surface area contributed by atoms with Gasteiger partial charge in [-0.3, -0.25) is 4.72 Å². The number of unbranched alkanes of at least 4 members (excludes halogenated alkanes) is 1. The van der Waals surface area contributed by atoms with Crippen LogP contribution in [0.2, 0.25) is 0 Å². The van der Waals surface area contributed by atoms with E-state index in [2.05, 4.69) is 9.72 Å². The van der Waals surface area contributed by atoms with Gasteiger partial charge in [-0.05, 0) is 13.3 Å². The van der Waals surface area contributed by atoms with Gasteiger partial charge in [0.05, 0.1) is 12.4 Å². The van der Waals surface area contributed by atoms with Crippen molar-refractivity contribution in [2.45, 2.75) is 32.9 Å². The van der Waals surface area contributed by atoms with E-state index >= 15 is 0 Å². The Bertz CT molecular complexity index is 626. The van der Waals surface area contributed by atoms with E-state index in [0.29, 0.717) is 24.2 Å². The van der Waals surface area contributed by atoms with E-state index in [1.165, 1.54) is 6.92 Å². The van der Waals surface area contributed by atoms with Crippen molar-refractivity contribution in [2.24, 2.45) is 0 Å². The first kappa shape index (κ1) is 18.7. The van der Waals surface area contributed by atoms with Crippen LogP contribution in [0.15, 0.2) is 0 Å². The van der Waals surface area contributed by atoms with Crippen molar-refractivity contribution in [2.75, 3.05) is 17.1 Å². The molecule has 1 aromatic heterocycles. The third kappa shape index (κ3) is 5.13. The molecular weight excluding hydrogens is 345 g/mol. The summed E-state index contributed by atoms with van der Waals surface area (Å²) in [5.41, 5.74) is -1.45. The van der Waals surface area contributed by atoms with E-state index in [1.807, 2.05) is 4.72 Å². The zero-order valence-electron chi connectivity index (χ0n) is 11.9. The van der Waals surface area contributed by atoms with Crippen molar-refractivity contribution >= 4 is 32.5 Å². The van der Waals surface area contributed by atoms with Crippen molar-refractivity contribution in [3.63, 3.8) is 0 Å². The van der Waals surface area contributed by atoms with Crippen molar-refractivity contribution in [1.82, 2.24) is 4.98 Å². The number of carbonyl (C=O) groups excluding carboxylic acids is 1. The summed E-state index contributed by atoms with van der Waals surface area (Å²) in [7, 11) is -3.81. The molecule has 0 aromatic carbocycles. The molecule has 0 unspecified atom stereocenters. The number of carbonyl (C=O) groups is 1. The summed E-state index contributed by atoms with van der Waals surface area (Å²) in [6.45, 7) is 3.12. The molecule has 0 fully saturated rings. The first-order valence-electron chi connectivity index (χ1n) is 6.36. The lowest BCUT2D eigenvalue weighted by Crippen LogP contribution is -2.17. The van der Waals surface area contributed by atoms with E-state index in [9.17, 15) is 26.4 Å². The minimum absolute atomic E-state index is 0.106. The van der Waals surface area contributed by atoms with Gasteiger partial charge in [-0.2, -0.15) is 13.2 Å². The molecule has 22 heavy (non-hydrogen) atoms. The van der Waals surface area contributed by atoms with Crippen LogP contribution in [0, 0.1) is 0 Å². The first-order valence-corrected chi connectivity index (χ1v) is 8.83. The summed E-state index contributed by atoms with van der Waals surface area (Å²) in [6.07, 6.45) is -3.91. The molecule has 1 rings (SSSR count). The molecule has 0 atom stereocenters. The van der Waals surface area contributed by atoms with Gasteiger partial charge in [-0.1, -0.05) is 24.7 Å². The lowest BCUT2D eigenvalue weighted by molar-refractivity contribution is -0.141.